The molecule has 0 atom stereocenters. The Morgan fingerprint density at radius 1 is 1.25 bits per heavy atom. The van der Waals surface area contributed by atoms with Crippen LogP contribution in [-0.4, -0.2) is 25.7 Å². The highest BCUT2D eigenvalue weighted by Crippen LogP contribution is 2.29. The van der Waals surface area contributed by atoms with Crippen LogP contribution in [0.2, 0.25) is 0 Å². The molecule has 0 bridgehead atoms. The SMILES string of the molecule is O=Cc1ccc(N2CCCCCN2)cc1OC(F)(F)F. The Labute approximate surface area is 114 Å². The first-order valence-corrected chi connectivity index (χ1v) is 6.35. The fourth-order valence-electron chi connectivity index (χ4n) is 2.09. The minimum atomic E-state index is -4.82. The molecule has 0 spiro atoms. The second-order valence-electron chi connectivity index (χ2n) is 4.51. The van der Waals surface area contributed by atoms with Crippen LogP contribution in [0.25, 0.3) is 0 Å². The van der Waals surface area contributed by atoms with Crippen LogP contribution in [0.1, 0.15) is 29.6 Å². The number of halogens is 3. The Hall–Kier alpha value is -1.76. The first kappa shape index (κ1) is 14.6. The van der Waals surface area contributed by atoms with E-state index in [0.29, 0.717) is 18.5 Å². The predicted octanol–water partition coefficient (Wildman–Crippen LogP) is 2.89. The topological polar surface area (TPSA) is 41.6 Å². The van der Waals surface area contributed by atoms with Gasteiger partial charge in [0.25, 0.3) is 0 Å². The quantitative estimate of drug-likeness (QED) is 0.868. The molecule has 2 rings (SSSR count). The molecule has 1 N–H and O–H groups in total. The summed E-state index contributed by atoms with van der Waals surface area (Å²) in [5.41, 5.74) is 3.56. The van der Waals surface area contributed by atoms with Gasteiger partial charge in [0, 0.05) is 19.2 Å². The normalized spacial score (nSPS) is 16.6. The molecule has 1 aliphatic heterocycles. The number of hydrazine groups is 1. The maximum Gasteiger partial charge on any atom is 0.573 e. The molecule has 1 saturated heterocycles. The molecule has 1 fully saturated rings. The first-order valence-electron chi connectivity index (χ1n) is 6.35. The summed E-state index contributed by atoms with van der Waals surface area (Å²) in [5, 5.41) is 1.78. The third kappa shape index (κ3) is 3.86. The molecule has 1 aromatic rings. The fourth-order valence-corrected chi connectivity index (χ4v) is 2.09. The Morgan fingerprint density at radius 3 is 2.75 bits per heavy atom. The maximum atomic E-state index is 12.3. The van der Waals surface area contributed by atoms with E-state index in [0.717, 1.165) is 25.8 Å². The molecule has 1 aromatic carbocycles. The Kier molecular flexibility index (Phi) is 4.49. The third-order valence-electron chi connectivity index (χ3n) is 3.02. The number of alkyl halides is 3. The average Bonchev–Trinajstić information content (AvgIpc) is 2.65. The lowest BCUT2D eigenvalue weighted by Crippen LogP contribution is -2.37. The molecule has 0 aromatic heterocycles. The first-order chi connectivity index (χ1) is 9.49. The zero-order valence-electron chi connectivity index (χ0n) is 10.7. The van der Waals surface area contributed by atoms with E-state index in [1.54, 1.807) is 11.1 Å². The van der Waals surface area contributed by atoms with E-state index in [2.05, 4.69) is 10.2 Å². The lowest BCUT2D eigenvalue weighted by atomic mass is 10.2. The number of carbonyl (C=O) groups excluding carboxylic acids is 1. The molecule has 20 heavy (non-hydrogen) atoms. The van der Waals surface area contributed by atoms with Crippen molar-refractivity contribution in [3.8, 4) is 5.75 Å². The molecular weight excluding hydrogens is 273 g/mol. The molecule has 4 nitrogen and oxygen atoms in total. The van der Waals surface area contributed by atoms with E-state index in [1.807, 2.05) is 0 Å². The van der Waals surface area contributed by atoms with Crippen LogP contribution in [0.4, 0.5) is 18.9 Å². The summed E-state index contributed by atoms with van der Waals surface area (Å²) in [7, 11) is 0. The molecule has 0 amide bonds. The van der Waals surface area contributed by atoms with Gasteiger partial charge in [-0.2, -0.15) is 0 Å². The van der Waals surface area contributed by atoms with Crippen LogP contribution >= 0.6 is 0 Å². The zero-order valence-corrected chi connectivity index (χ0v) is 10.7. The van der Waals surface area contributed by atoms with Gasteiger partial charge in [-0.25, -0.2) is 5.43 Å². The number of anilines is 1. The monoisotopic (exact) mass is 288 g/mol. The van der Waals surface area contributed by atoms with Gasteiger partial charge in [0.2, 0.25) is 0 Å². The van der Waals surface area contributed by atoms with Gasteiger partial charge in [0.05, 0.1) is 11.3 Å². The van der Waals surface area contributed by atoms with E-state index in [-0.39, 0.29) is 5.56 Å². The number of nitrogens with one attached hydrogen (secondary N) is 1. The lowest BCUT2D eigenvalue weighted by molar-refractivity contribution is -0.274. The van der Waals surface area contributed by atoms with Gasteiger partial charge in [-0.3, -0.25) is 4.79 Å². The van der Waals surface area contributed by atoms with Crippen molar-refractivity contribution in [2.75, 3.05) is 18.1 Å². The number of hydrogen-bond donors (Lipinski definition) is 1. The molecule has 0 radical (unpaired) electrons. The number of hydrogen-bond acceptors (Lipinski definition) is 4. The van der Waals surface area contributed by atoms with Crippen molar-refractivity contribution >= 4 is 12.0 Å². The highest BCUT2D eigenvalue weighted by molar-refractivity contribution is 5.80. The molecule has 0 unspecified atom stereocenters. The molecule has 0 saturated carbocycles. The van der Waals surface area contributed by atoms with Crippen molar-refractivity contribution in [2.24, 2.45) is 0 Å². The van der Waals surface area contributed by atoms with Crippen LogP contribution in [0, 0.1) is 0 Å². The summed E-state index contributed by atoms with van der Waals surface area (Å²) in [6, 6.07) is 4.16. The summed E-state index contributed by atoms with van der Waals surface area (Å²) in [4.78, 5) is 10.8. The van der Waals surface area contributed by atoms with Gasteiger partial charge in [0.15, 0.2) is 6.29 Å². The van der Waals surface area contributed by atoms with Gasteiger partial charge >= 0.3 is 6.36 Å². The summed E-state index contributed by atoms with van der Waals surface area (Å²) >= 11 is 0. The molecule has 1 heterocycles. The third-order valence-corrected chi connectivity index (χ3v) is 3.02. The number of aldehydes is 1. The van der Waals surface area contributed by atoms with E-state index in [4.69, 9.17) is 0 Å². The van der Waals surface area contributed by atoms with Crippen molar-refractivity contribution in [3.05, 3.63) is 23.8 Å². The predicted molar refractivity (Wildman–Crippen MR) is 67.7 cm³/mol. The highest BCUT2D eigenvalue weighted by Gasteiger charge is 2.32. The van der Waals surface area contributed by atoms with E-state index in [9.17, 15) is 18.0 Å². The highest BCUT2D eigenvalue weighted by atomic mass is 19.4. The summed E-state index contributed by atoms with van der Waals surface area (Å²) in [6.07, 6.45) is -1.42. The van der Waals surface area contributed by atoms with Crippen LogP contribution in [0.3, 0.4) is 0 Å². The van der Waals surface area contributed by atoms with Gasteiger partial charge in [-0.1, -0.05) is 6.42 Å². The standard InChI is InChI=1S/C13H15F3N2O2/c14-13(15,16)20-12-8-11(5-4-10(12)9-19)18-7-3-1-2-6-17-18/h4-5,8-9,17H,1-3,6-7H2. The Balaban J connectivity index is 2.26. The van der Waals surface area contributed by atoms with Crippen LogP contribution in [0.5, 0.6) is 5.75 Å². The fraction of sp³-hybridized carbons (Fsp3) is 0.462. The van der Waals surface area contributed by atoms with Crippen molar-refractivity contribution in [3.63, 3.8) is 0 Å². The molecule has 0 aliphatic carbocycles. The van der Waals surface area contributed by atoms with Crippen LogP contribution in [0.15, 0.2) is 18.2 Å². The van der Waals surface area contributed by atoms with Crippen LogP contribution in [-0.2, 0) is 0 Å². The number of benzene rings is 1. The van der Waals surface area contributed by atoms with E-state index < -0.39 is 12.1 Å². The average molecular weight is 288 g/mol. The minimum absolute atomic E-state index is 0.124. The number of rotatable bonds is 3. The molecule has 1 aliphatic rings. The molecular formula is C13H15F3N2O2. The second kappa shape index (κ2) is 6.13. The largest absolute Gasteiger partial charge is 0.573 e. The van der Waals surface area contributed by atoms with Crippen molar-refractivity contribution in [1.82, 2.24) is 5.43 Å². The van der Waals surface area contributed by atoms with Gasteiger partial charge in [-0.05, 0) is 25.0 Å². The lowest BCUT2D eigenvalue weighted by Gasteiger charge is -2.24. The van der Waals surface area contributed by atoms with Gasteiger partial charge in [-0.15, -0.1) is 13.2 Å². The van der Waals surface area contributed by atoms with Gasteiger partial charge < -0.3 is 9.75 Å². The summed E-state index contributed by atoms with van der Waals surface area (Å²) < 4.78 is 40.9. The Morgan fingerprint density at radius 2 is 2.05 bits per heavy atom. The second-order valence-corrected chi connectivity index (χ2v) is 4.51. The van der Waals surface area contributed by atoms with Gasteiger partial charge in [0.1, 0.15) is 5.75 Å². The smallest absolute Gasteiger partial charge is 0.405 e. The van der Waals surface area contributed by atoms with Crippen molar-refractivity contribution in [1.29, 1.82) is 0 Å². The maximum absolute atomic E-state index is 12.3. The number of ether oxygens (including phenoxy) is 1. The number of carbonyl (C=O) groups is 1. The summed E-state index contributed by atoms with van der Waals surface area (Å²) in [6.45, 7) is 1.47. The van der Waals surface area contributed by atoms with Crippen molar-refractivity contribution in [2.45, 2.75) is 25.6 Å². The van der Waals surface area contributed by atoms with E-state index in [1.165, 1.54) is 12.1 Å². The van der Waals surface area contributed by atoms with Crippen molar-refractivity contribution < 1.29 is 22.7 Å². The number of nitrogens with zero attached hydrogens (tertiary/aromatic N) is 1. The van der Waals surface area contributed by atoms with E-state index >= 15 is 0 Å². The summed E-state index contributed by atoms with van der Waals surface area (Å²) in [5.74, 6) is -0.476. The molecule has 7 heteroatoms. The minimum Gasteiger partial charge on any atom is -0.405 e. The van der Waals surface area contributed by atoms with Crippen LogP contribution < -0.4 is 15.2 Å². The zero-order chi connectivity index (χ0) is 14.6. The molecule has 110 valence electrons. The Bertz CT molecular complexity index is 469.